The molecule has 114 valence electrons. The fourth-order valence-electron chi connectivity index (χ4n) is 6.04. The van der Waals surface area contributed by atoms with Crippen molar-refractivity contribution in [1.29, 1.82) is 0 Å². The van der Waals surface area contributed by atoms with Gasteiger partial charge in [0.1, 0.15) is 0 Å². The summed E-state index contributed by atoms with van der Waals surface area (Å²) in [5, 5.41) is 0. The fraction of sp³-hybridized carbons (Fsp3) is 1.00. The molecule has 0 aromatic carbocycles. The maximum Gasteiger partial charge on any atom is 0.0656 e. The average molecular weight is 277 g/mol. The molecule has 4 rings (SSSR count). The van der Waals surface area contributed by atoms with Gasteiger partial charge in [-0.1, -0.05) is 44.9 Å². The van der Waals surface area contributed by atoms with Crippen molar-refractivity contribution < 1.29 is 4.74 Å². The van der Waals surface area contributed by atoms with E-state index < -0.39 is 0 Å². The second kappa shape index (κ2) is 5.61. The van der Waals surface area contributed by atoms with Gasteiger partial charge >= 0.3 is 0 Å². The third-order valence-electron chi connectivity index (χ3n) is 6.96. The molecule has 2 N–H and O–H groups in total. The zero-order valence-electron chi connectivity index (χ0n) is 12.8. The highest BCUT2D eigenvalue weighted by Crippen LogP contribution is 2.51. The number of hydrogen-bond donors (Lipinski definition) is 1. The normalized spacial score (nSPS) is 49.6. The Morgan fingerprint density at radius 1 is 0.700 bits per heavy atom. The zero-order chi connectivity index (χ0) is 13.5. The van der Waals surface area contributed by atoms with E-state index in [1.165, 1.54) is 70.6 Å². The van der Waals surface area contributed by atoms with E-state index in [2.05, 4.69) is 0 Å². The highest BCUT2D eigenvalue weighted by Gasteiger charge is 2.52. The number of fused-ring (bicyclic) bond motifs is 3. The van der Waals surface area contributed by atoms with Gasteiger partial charge in [0, 0.05) is 12.0 Å². The molecule has 6 unspecified atom stereocenters. The summed E-state index contributed by atoms with van der Waals surface area (Å²) in [5.74, 6) is 3.28. The molecule has 2 nitrogen and oxygen atoms in total. The van der Waals surface area contributed by atoms with Crippen LogP contribution < -0.4 is 5.73 Å². The van der Waals surface area contributed by atoms with Crippen LogP contribution in [-0.4, -0.2) is 18.2 Å². The predicted octanol–water partition coefficient (Wildman–Crippen LogP) is 3.88. The van der Waals surface area contributed by atoms with Crippen molar-refractivity contribution in [1.82, 2.24) is 0 Å². The molecule has 0 amide bonds. The van der Waals surface area contributed by atoms with E-state index in [4.69, 9.17) is 10.5 Å². The number of nitrogens with two attached hydrogens (primary N) is 1. The van der Waals surface area contributed by atoms with Crippen molar-refractivity contribution in [3.63, 3.8) is 0 Å². The molecule has 4 aliphatic rings. The lowest BCUT2D eigenvalue weighted by Gasteiger charge is -2.44. The van der Waals surface area contributed by atoms with E-state index in [9.17, 15) is 0 Å². The van der Waals surface area contributed by atoms with E-state index in [1.807, 2.05) is 0 Å². The van der Waals surface area contributed by atoms with Gasteiger partial charge in [-0.25, -0.2) is 0 Å². The van der Waals surface area contributed by atoms with Crippen LogP contribution in [0.5, 0.6) is 0 Å². The van der Waals surface area contributed by atoms with Crippen molar-refractivity contribution in [2.75, 3.05) is 0 Å². The van der Waals surface area contributed by atoms with Gasteiger partial charge in [-0.3, -0.25) is 0 Å². The summed E-state index contributed by atoms with van der Waals surface area (Å²) in [6.45, 7) is 0. The first-order valence-corrected chi connectivity index (χ1v) is 9.25. The average Bonchev–Trinajstić information content (AvgIpc) is 2.86. The van der Waals surface area contributed by atoms with Crippen molar-refractivity contribution in [2.24, 2.45) is 29.4 Å². The Balaban J connectivity index is 1.54. The minimum absolute atomic E-state index is 0.416. The number of hydrogen-bond acceptors (Lipinski definition) is 2. The van der Waals surface area contributed by atoms with Crippen molar-refractivity contribution in [3.05, 3.63) is 0 Å². The van der Waals surface area contributed by atoms with Crippen molar-refractivity contribution in [3.8, 4) is 0 Å². The highest BCUT2D eigenvalue weighted by molar-refractivity contribution is 5.02. The fourth-order valence-corrected chi connectivity index (χ4v) is 6.04. The Labute approximate surface area is 123 Å². The first kappa shape index (κ1) is 13.6. The Morgan fingerprint density at radius 3 is 2.30 bits per heavy atom. The van der Waals surface area contributed by atoms with Crippen LogP contribution in [0.25, 0.3) is 0 Å². The molecule has 0 spiro atoms. The summed E-state index contributed by atoms with van der Waals surface area (Å²) < 4.78 is 6.63. The van der Waals surface area contributed by atoms with Crippen LogP contribution in [0.4, 0.5) is 0 Å². The van der Waals surface area contributed by atoms with Gasteiger partial charge in [-0.05, 0) is 43.4 Å². The monoisotopic (exact) mass is 277 g/mol. The number of rotatable bonds is 1. The standard InChI is InChI=1S/C18H31NO/c19-15-11-10-14-13-8-4-5-9-16(13)20-18(14)17(15)12-6-2-1-3-7-12/h12-18H,1-11,19H2. The van der Waals surface area contributed by atoms with Crippen LogP contribution in [0.1, 0.15) is 70.6 Å². The first-order valence-electron chi connectivity index (χ1n) is 9.25. The van der Waals surface area contributed by atoms with E-state index in [-0.39, 0.29) is 0 Å². The SMILES string of the molecule is NC1CCC2C3CCCCC3OC2C1C1CCCCC1. The molecule has 6 atom stereocenters. The third kappa shape index (κ3) is 2.23. The van der Waals surface area contributed by atoms with Gasteiger partial charge in [0.2, 0.25) is 0 Å². The molecule has 1 saturated heterocycles. The van der Waals surface area contributed by atoms with Crippen LogP contribution in [0, 0.1) is 23.7 Å². The number of ether oxygens (including phenoxy) is 1. The Morgan fingerprint density at radius 2 is 1.45 bits per heavy atom. The van der Waals surface area contributed by atoms with Crippen LogP contribution >= 0.6 is 0 Å². The molecule has 0 radical (unpaired) electrons. The Hall–Kier alpha value is -0.0800. The summed E-state index contributed by atoms with van der Waals surface area (Å²) in [6, 6.07) is 0.416. The van der Waals surface area contributed by atoms with Crippen LogP contribution in [0.15, 0.2) is 0 Å². The molecule has 3 saturated carbocycles. The molecule has 3 aliphatic carbocycles. The summed E-state index contributed by atoms with van der Waals surface area (Å²) in [7, 11) is 0. The summed E-state index contributed by atoms with van der Waals surface area (Å²) >= 11 is 0. The summed E-state index contributed by atoms with van der Waals surface area (Å²) in [6.07, 6.45) is 16.4. The molecule has 0 bridgehead atoms. The highest BCUT2D eigenvalue weighted by atomic mass is 16.5. The van der Waals surface area contributed by atoms with E-state index in [1.54, 1.807) is 0 Å². The second-order valence-corrected chi connectivity index (χ2v) is 7.97. The molecule has 20 heavy (non-hydrogen) atoms. The van der Waals surface area contributed by atoms with Crippen LogP contribution in [-0.2, 0) is 4.74 Å². The molecule has 0 aromatic rings. The van der Waals surface area contributed by atoms with Gasteiger partial charge in [0.25, 0.3) is 0 Å². The molecule has 2 heteroatoms. The predicted molar refractivity (Wildman–Crippen MR) is 81.4 cm³/mol. The minimum Gasteiger partial charge on any atom is -0.374 e. The third-order valence-corrected chi connectivity index (χ3v) is 6.96. The molecular formula is C18H31NO. The summed E-state index contributed by atoms with van der Waals surface area (Å²) in [5.41, 5.74) is 6.58. The maximum absolute atomic E-state index is 6.63. The molecule has 0 aromatic heterocycles. The van der Waals surface area contributed by atoms with Gasteiger partial charge in [0.05, 0.1) is 12.2 Å². The molecule has 1 heterocycles. The Kier molecular flexibility index (Phi) is 3.80. The van der Waals surface area contributed by atoms with E-state index in [0.717, 1.165) is 17.8 Å². The smallest absolute Gasteiger partial charge is 0.0656 e. The maximum atomic E-state index is 6.63. The Bertz CT molecular complexity index is 338. The second-order valence-electron chi connectivity index (χ2n) is 7.97. The van der Waals surface area contributed by atoms with Gasteiger partial charge in [0.15, 0.2) is 0 Å². The molecule has 1 aliphatic heterocycles. The van der Waals surface area contributed by atoms with Gasteiger partial charge in [-0.15, -0.1) is 0 Å². The molecular weight excluding hydrogens is 246 g/mol. The van der Waals surface area contributed by atoms with E-state index in [0.29, 0.717) is 24.2 Å². The lowest BCUT2D eigenvalue weighted by atomic mass is 9.63. The van der Waals surface area contributed by atoms with E-state index >= 15 is 0 Å². The first-order chi connectivity index (χ1) is 9.84. The quantitative estimate of drug-likeness (QED) is 0.789. The largest absolute Gasteiger partial charge is 0.374 e. The van der Waals surface area contributed by atoms with Crippen molar-refractivity contribution >= 4 is 0 Å². The van der Waals surface area contributed by atoms with Gasteiger partial charge in [-0.2, -0.15) is 0 Å². The topological polar surface area (TPSA) is 35.2 Å². The molecule has 4 fully saturated rings. The van der Waals surface area contributed by atoms with Crippen molar-refractivity contribution in [2.45, 2.75) is 88.9 Å². The van der Waals surface area contributed by atoms with Crippen LogP contribution in [0.2, 0.25) is 0 Å². The van der Waals surface area contributed by atoms with Crippen LogP contribution in [0.3, 0.4) is 0 Å². The minimum atomic E-state index is 0.416. The summed E-state index contributed by atoms with van der Waals surface area (Å²) in [4.78, 5) is 0. The van der Waals surface area contributed by atoms with Gasteiger partial charge < -0.3 is 10.5 Å². The lowest BCUT2D eigenvalue weighted by Crippen LogP contribution is -2.49. The zero-order valence-corrected chi connectivity index (χ0v) is 12.8. The lowest BCUT2D eigenvalue weighted by molar-refractivity contribution is -0.0534.